The van der Waals surface area contributed by atoms with Gasteiger partial charge in [0.25, 0.3) is 5.91 Å². The first-order chi connectivity index (χ1) is 9.16. The van der Waals surface area contributed by atoms with E-state index < -0.39 is 0 Å². The lowest BCUT2D eigenvalue weighted by molar-refractivity contribution is 0.0481. The summed E-state index contributed by atoms with van der Waals surface area (Å²) in [6.07, 6.45) is 3.36. The molecule has 2 atom stereocenters. The van der Waals surface area contributed by atoms with Gasteiger partial charge in [0, 0.05) is 17.5 Å². The summed E-state index contributed by atoms with van der Waals surface area (Å²) in [5.74, 6) is 0.484. The number of carbonyl (C=O) groups excluding carboxylic acids is 1. The van der Waals surface area contributed by atoms with E-state index >= 15 is 0 Å². The lowest BCUT2D eigenvalue weighted by Crippen LogP contribution is -2.47. The molecule has 1 aliphatic rings. The van der Waals surface area contributed by atoms with Gasteiger partial charge in [0.15, 0.2) is 5.76 Å². The van der Waals surface area contributed by atoms with Crippen LogP contribution in [0.25, 0.3) is 11.0 Å². The topological polar surface area (TPSA) is 33.5 Å². The Kier molecular flexibility index (Phi) is 3.05. The van der Waals surface area contributed by atoms with Crippen molar-refractivity contribution in [3.8, 4) is 0 Å². The third kappa shape index (κ3) is 2.14. The van der Waals surface area contributed by atoms with Crippen LogP contribution in [0.1, 0.15) is 43.7 Å². The Morgan fingerprint density at radius 3 is 2.58 bits per heavy atom. The minimum Gasteiger partial charge on any atom is -0.451 e. The Hall–Kier alpha value is -1.77. The van der Waals surface area contributed by atoms with Gasteiger partial charge in [0.05, 0.1) is 0 Å². The van der Waals surface area contributed by atoms with Gasteiger partial charge in [-0.1, -0.05) is 18.2 Å². The molecular weight excluding hydrogens is 238 g/mol. The summed E-state index contributed by atoms with van der Waals surface area (Å²) in [6, 6.07) is 10.2. The lowest BCUT2D eigenvalue weighted by atomic mass is 9.97. The molecule has 2 unspecified atom stereocenters. The van der Waals surface area contributed by atoms with Gasteiger partial charge in [0.2, 0.25) is 0 Å². The van der Waals surface area contributed by atoms with Crippen molar-refractivity contribution in [1.29, 1.82) is 0 Å². The van der Waals surface area contributed by atoms with Crippen LogP contribution in [-0.4, -0.2) is 22.9 Å². The van der Waals surface area contributed by atoms with Crippen LogP contribution in [0.4, 0.5) is 0 Å². The van der Waals surface area contributed by atoms with E-state index in [9.17, 15) is 4.79 Å². The van der Waals surface area contributed by atoms with Gasteiger partial charge in [-0.3, -0.25) is 4.79 Å². The monoisotopic (exact) mass is 257 g/mol. The van der Waals surface area contributed by atoms with E-state index in [4.69, 9.17) is 4.42 Å². The van der Waals surface area contributed by atoms with Crippen LogP contribution >= 0.6 is 0 Å². The molecule has 1 aromatic heterocycles. The van der Waals surface area contributed by atoms with E-state index in [1.54, 1.807) is 0 Å². The quantitative estimate of drug-likeness (QED) is 0.777. The van der Waals surface area contributed by atoms with Crippen LogP contribution in [0, 0.1) is 0 Å². The van der Waals surface area contributed by atoms with Crippen molar-refractivity contribution in [2.24, 2.45) is 0 Å². The van der Waals surface area contributed by atoms with Crippen molar-refractivity contribution >= 4 is 16.9 Å². The van der Waals surface area contributed by atoms with Gasteiger partial charge in [0.1, 0.15) is 5.58 Å². The van der Waals surface area contributed by atoms with Crippen LogP contribution < -0.4 is 0 Å². The molecule has 100 valence electrons. The van der Waals surface area contributed by atoms with E-state index in [1.807, 2.05) is 35.2 Å². The first kappa shape index (κ1) is 12.3. The van der Waals surface area contributed by atoms with Crippen LogP contribution in [-0.2, 0) is 0 Å². The maximum Gasteiger partial charge on any atom is 0.290 e. The fourth-order valence-electron chi connectivity index (χ4n) is 3.04. The zero-order valence-electron chi connectivity index (χ0n) is 11.4. The second kappa shape index (κ2) is 4.72. The molecule has 0 saturated carbocycles. The Morgan fingerprint density at radius 1 is 1.21 bits per heavy atom. The van der Waals surface area contributed by atoms with Gasteiger partial charge in [-0.15, -0.1) is 0 Å². The Labute approximate surface area is 113 Å². The second-order valence-electron chi connectivity index (χ2n) is 5.49. The molecule has 3 heteroatoms. The summed E-state index contributed by atoms with van der Waals surface area (Å²) in [4.78, 5) is 14.6. The van der Waals surface area contributed by atoms with Crippen molar-refractivity contribution in [3.63, 3.8) is 0 Å². The van der Waals surface area contributed by atoms with Crippen LogP contribution in [0.2, 0.25) is 0 Å². The fraction of sp³-hybridized carbons (Fsp3) is 0.438. The number of hydrogen-bond donors (Lipinski definition) is 0. The standard InChI is InChI=1S/C16H19NO2/c1-11-6-5-7-12(2)17(11)16(18)15-10-13-8-3-4-9-14(13)19-15/h3-4,8-12H,5-7H2,1-2H3. The molecular formula is C16H19NO2. The Balaban J connectivity index is 1.94. The zero-order chi connectivity index (χ0) is 13.4. The van der Waals surface area contributed by atoms with E-state index in [0.717, 1.165) is 23.8 Å². The van der Waals surface area contributed by atoms with E-state index in [-0.39, 0.29) is 5.91 Å². The van der Waals surface area contributed by atoms with E-state index in [2.05, 4.69) is 13.8 Å². The molecule has 2 heterocycles. The van der Waals surface area contributed by atoms with Crippen LogP contribution in [0.3, 0.4) is 0 Å². The maximum atomic E-state index is 12.6. The predicted octanol–water partition coefficient (Wildman–Crippen LogP) is 3.84. The molecule has 3 nitrogen and oxygen atoms in total. The predicted molar refractivity (Wildman–Crippen MR) is 75.2 cm³/mol. The average Bonchev–Trinajstić information content (AvgIpc) is 2.82. The van der Waals surface area contributed by atoms with Gasteiger partial charge >= 0.3 is 0 Å². The van der Waals surface area contributed by atoms with Crippen molar-refractivity contribution in [3.05, 3.63) is 36.1 Å². The third-order valence-electron chi connectivity index (χ3n) is 4.06. The summed E-state index contributed by atoms with van der Waals surface area (Å²) in [5.41, 5.74) is 0.781. The Bertz CT molecular complexity index is 559. The highest BCUT2D eigenvalue weighted by molar-refractivity contribution is 5.96. The molecule has 0 N–H and O–H groups in total. The molecule has 1 saturated heterocycles. The molecule has 0 spiro atoms. The number of carbonyl (C=O) groups is 1. The van der Waals surface area contributed by atoms with Crippen LogP contribution in [0.5, 0.6) is 0 Å². The summed E-state index contributed by atoms with van der Waals surface area (Å²) in [7, 11) is 0. The number of nitrogens with zero attached hydrogens (tertiary/aromatic N) is 1. The third-order valence-corrected chi connectivity index (χ3v) is 4.06. The molecule has 0 bridgehead atoms. The number of hydrogen-bond acceptors (Lipinski definition) is 2. The highest BCUT2D eigenvalue weighted by Crippen LogP contribution is 2.27. The Morgan fingerprint density at radius 2 is 1.89 bits per heavy atom. The number of fused-ring (bicyclic) bond motifs is 1. The average molecular weight is 257 g/mol. The number of likely N-dealkylation sites (tertiary alicyclic amines) is 1. The van der Waals surface area contributed by atoms with E-state index in [0.29, 0.717) is 17.8 Å². The number of furan rings is 1. The van der Waals surface area contributed by atoms with Gasteiger partial charge in [-0.05, 0) is 45.2 Å². The SMILES string of the molecule is CC1CCCC(C)N1C(=O)c1cc2ccccc2o1. The summed E-state index contributed by atoms with van der Waals surface area (Å²) in [5, 5.41) is 0.989. The molecule has 1 aromatic carbocycles. The first-order valence-corrected chi connectivity index (χ1v) is 6.98. The smallest absolute Gasteiger partial charge is 0.290 e. The fourth-order valence-corrected chi connectivity index (χ4v) is 3.04. The van der Waals surface area contributed by atoms with Crippen molar-refractivity contribution in [1.82, 2.24) is 4.90 Å². The van der Waals surface area contributed by atoms with Gasteiger partial charge < -0.3 is 9.32 Å². The molecule has 0 radical (unpaired) electrons. The highest BCUT2D eigenvalue weighted by Gasteiger charge is 2.31. The second-order valence-corrected chi connectivity index (χ2v) is 5.49. The number of para-hydroxylation sites is 1. The highest BCUT2D eigenvalue weighted by atomic mass is 16.3. The molecule has 19 heavy (non-hydrogen) atoms. The number of amides is 1. The molecule has 2 aromatic rings. The summed E-state index contributed by atoms with van der Waals surface area (Å²) in [6.45, 7) is 4.24. The number of piperidine rings is 1. The molecule has 3 rings (SSSR count). The number of benzene rings is 1. The first-order valence-electron chi connectivity index (χ1n) is 6.98. The zero-order valence-corrected chi connectivity index (χ0v) is 11.4. The summed E-state index contributed by atoms with van der Waals surface area (Å²) < 4.78 is 5.69. The van der Waals surface area contributed by atoms with Crippen molar-refractivity contribution < 1.29 is 9.21 Å². The molecule has 0 aliphatic carbocycles. The lowest BCUT2D eigenvalue weighted by Gasteiger charge is -2.38. The normalized spacial score (nSPS) is 23.8. The van der Waals surface area contributed by atoms with Gasteiger partial charge in [-0.25, -0.2) is 0 Å². The minimum atomic E-state index is 0.0240. The largest absolute Gasteiger partial charge is 0.451 e. The molecule has 1 fully saturated rings. The minimum absolute atomic E-state index is 0.0240. The van der Waals surface area contributed by atoms with Gasteiger partial charge in [-0.2, -0.15) is 0 Å². The maximum absolute atomic E-state index is 12.6. The van der Waals surface area contributed by atoms with Crippen molar-refractivity contribution in [2.45, 2.75) is 45.2 Å². The summed E-state index contributed by atoms with van der Waals surface area (Å²) >= 11 is 0. The van der Waals surface area contributed by atoms with Crippen LogP contribution in [0.15, 0.2) is 34.7 Å². The van der Waals surface area contributed by atoms with Crippen molar-refractivity contribution in [2.75, 3.05) is 0 Å². The molecule has 1 aliphatic heterocycles. The number of rotatable bonds is 1. The van der Waals surface area contributed by atoms with E-state index in [1.165, 1.54) is 6.42 Å². The molecule has 1 amide bonds.